The van der Waals surface area contributed by atoms with Gasteiger partial charge in [0.25, 0.3) is 0 Å². The molecule has 1 heterocycles. The number of hydrogen-bond acceptors (Lipinski definition) is 3. The lowest BCUT2D eigenvalue weighted by molar-refractivity contribution is 0.494. The second kappa shape index (κ2) is 9.94. The fourth-order valence-electron chi connectivity index (χ4n) is 3.68. The normalized spacial score (nSPS) is 13.3. The minimum atomic E-state index is -3.43. The van der Waals surface area contributed by atoms with E-state index in [0.717, 1.165) is 47.8 Å². The summed E-state index contributed by atoms with van der Waals surface area (Å²) in [6.45, 7) is 13.0. The first-order chi connectivity index (χ1) is 13.5. The summed E-state index contributed by atoms with van der Waals surface area (Å²) in [5.41, 5.74) is 3.35. The Morgan fingerprint density at radius 1 is 1.03 bits per heavy atom. The molecule has 1 atom stereocenters. The highest BCUT2D eigenvalue weighted by Crippen LogP contribution is 2.33. The Morgan fingerprint density at radius 3 is 2.21 bits per heavy atom. The van der Waals surface area contributed by atoms with Gasteiger partial charge in [0, 0.05) is 14.5 Å². The zero-order chi connectivity index (χ0) is 21.7. The largest absolute Gasteiger partial charge is 0.469 e. The number of allylic oxidation sites excluding steroid dienone is 1. The van der Waals surface area contributed by atoms with Crippen LogP contribution in [0.25, 0.3) is 0 Å². The fourth-order valence-corrected chi connectivity index (χ4v) is 7.58. The van der Waals surface area contributed by atoms with Gasteiger partial charge in [-0.25, -0.2) is 8.42 Å². The first kappa shape index (κ1) is 23.7. The van der Waals surface area contributed by atoms with E-state index in [2.05, 4.69) is 33.5 Å². The predicted octanol–water partition coefficient (Wildman–Crippen LogP) is 6.82. The van der Waals surface area contributed by atoms with E-state index < -0.39 is 23.2 Å². The van der Waals surface area contributed by atoms with Crippen molar-refractivity contribution in [3.8, 4) is 0 Å². The SMILES string of the molecule is CC(C)=C(C[Si](C)(C)C)C(CCCCc1ccco1)S(=O)(=O)c1ccc(C)cc1. The van der Waals surface area contributed by atoms with Gasteiger partial charge < -0.3 is 4.42 Å². The topological polar surface area (TPSA) is 47.3 Å². The van der Waals surface area contributed by atoms with Crippen LogP contribution in [-0.4, -0.2) is 21.7 Å². The molecule has 5 heteroatoms. The van der Waals surface area contributed by atoms with Crippen molar-refractivity contribution in [2.75, 3.05) is 0 Å². The Hall–Kier alpha value is -1.59. The molecule has 0 saturated carbocycles. The van der Waals surface area contributed by atoms with Gasteiger partial charge in [-0.2, -0.15) is 0 Å². The molecule has 0 spiro atoms. The van der Waals surface area contributed by atoms with Gasteiger partial charge in [0.05, 0.1) is 16.4 Å². The molecule has 1 aromatic carbocycles. The second-order valence-corrected chi connectivity index (χ2v) is 17.0. The molecular weight excluding hydrogens is 396 g/mol. The van der Waals surface area contributed by atoms with Crippen molar-refractivity contribution in [1.29, 1.82) is 0 Å². The van der Waals surface area contributed by atoms with Crippen LogP contribution < -0.4 is 0 Å². The van der Waals surface area contributed by atoms with Gasteiger partial charge in [0.2, 0.25) is 0 Å². The lowest BCUT2D eigenvalue weighted by Gasteiger charge is -2.27. The Morgan fingerprint density at radius 2 is 1.69 bits per heavy atom. The monoisotopic (exact) mass is 432 g/mol. The molecule has 0 aliphatic rings. The molecule has 0 fully saturated rings. The van der Waals surface area contributed by atoms with E-state index in [9.17, 15) is 8.42 Å². The van der Waals surface area contributed by atoms with Crippen molar-refractivity contribution < 1.29 is 12.8 Å². The van der Waals surface area contributed by atoms with Crippen LogP contribution >= 0.6 is 0 Å². The molecule has 0 saturated heterocycles. The smallest absolute Gasteiger partial charge is 0.185 e. The number of furan rings is 1. The molecule has 1 aromatic heterocycles. The van der Waals surface area contributed by atoms with E-state index in [1.165, 1.54) is 0 Å². The minimum Gasteiger partial charge on any atom is -0.469 e. The number of benzene rings is 1. The Labute approximate surface area is 178 Å². The minimum absolute atomic E-state index is 0.438. The summed E-state index contributed by atoms with van der Waals surface area (Å²) in [6, 6.07) is 12.1. The zero-order valence-corrected chi connectivity index (χ0v) is 20.6. The molecule has 2 aromatic rings. The van der Waals surface area contributed by atoms with E-state index in [1.54, 1.807) is 18.4 Å². The summed E-state index contributed by atoms with van der Waals surface area (Å²) in [4.78, 5) is 0.438. The van der Waals surface area contributed by atoms with Crippen molar-refractivity contribution in [2.24, 2.45) is 0 Å². The summed E-state index contributed by atoms with van der Waals surface area (Å²) in [6.07, 6.45) is 4.98. The van der Waals surface area contributed by atoms with Crippen molar-refractivity contribution in [3.05, 3.63) is 65.1 Å². The summed E-state index contributed by atoms with van der Waals surface area (Å²) in [5.74, 6) is 0.965. The van der Waals surface area contributed by atoms with Gasteiger partial charge in [-0.05, 0) is 63.9 Å². The third kappa shape index (κ3) is 7.00. The Balaban J connectivity index is 2.30. The summed E-state index contributed by atoms with van der Waals surface area (Å²) in [5, 5.41) is -0.446. The van der Waals surface area contributed by atoms with Crippen molar-refractivity contribution in [1.82, 2.24) is 0 Å². The molecule has 0 radical (unpaired) electrons. The molecule has 160 valence electrons. The highest BCUT2D eigenvalue weighted by Gasteiger charge is 2.33. The van der Waals surface area contributed by atoms with Crippen LogP contribution in [0.1, 0.15) is 44.4 Å². The second-order valence-electron chi connectivity index (χ2n) is 9.43. The van der Waals surface area contributed by atoms with Crippen LogP contribution in [0.2, 0.25) is 25.7 Å². The van der Waals surface area contributed by atoms with E-state index in [4.69, 9.17) is 4.42 Å². The van der Waals surface area contributed by atoms with Crippen LogP contribution in [0.4, 0.5) is 0 Å². The molecule has 29 heavy (non-hydrogen) atoms. The van der Waals surface area contributed by atoms with Gasteiger partial charge in [-0.3, -0.25) is 0 Å². The van der Waals surface area contributed by atoms with Gasteiger partial charge in [-0.15, -0.1) is 0 Å². The third-order valence-corrected chi connectivity index (χ3v) is 8.84. The molecule has 0 amide bonds. The Bertz CT molecular complexity index is 898. The number of sulfone groups is 1. The predicted molar refractivity (Wildman–Crippen MR) is 125 cm³/mol. The summed E-state index contributed by atoms with van der Waals surface area (Å²) in [7, 11) is -4.89. The fraction of sp³-hybridized carbons (Fsp3) is 0.500. The number of aryl methyl sites for hydroxylation is 2. The zero-order valence-electron chi connectivity index (χ0n) is 18.8. The van der Waals surface area contributed by atoms with Crippen LogP contribution in [0.3, 0.4) is 0 Å². The average Bonchev–Trinajstić information content (AvgIpc) is 3.13. The quantitative estimate of drug-likeness (QED) is 0.235. The Kier molecular flexibility index (Phi) is 8.12. The van der Waals surface area contributed by atoms with Crippen LogP contribution in [0, 0.1) is 6.92 Å². The lowest BCUT2D eigenvalue weighted by atomic mass is 10.0. The van der Waals surface area contributed by atoms with Gasteiger partial charge >= 0.3 is 0 Å². The third-order valence-electron chi connectivity index (χ3n) is 5.20. The molecule has 3 nitrogen and oxygen atoms in total. The molecular formula is C24H36O3SSi. The van der Waals surface area contributed by atoms with E-state index in [0.29, 0.717) is 11.3 Å². The van der Waals surface area contributed by atoms with Gasteiger partial charge in [0.15, 0.2) is 9.84 Å². The van der Waals surface area contributed by atoms with Crippen LogP contribution in [0.5, 0.6) is 0 Å². The van der Waals surface area contributed by atoms with Gasteiger partial charge in [0.1, 0.15) is 5.76 Å². The summed E-state index contributed by atoms with van der Waals surface area (Å²) < 4.78 is 32.7. The maximum atomic E-state index is 13.7. The number of hydrogen-bond donors (Lipinski definition) is 0. The maximum Gasteiger partial charge on any atom is 0.185 e. The summed E-state index contributed by atoms with van der Waals surface area (Å²) >= 11 is 0. The van der Waals surface area contributed by atoms with Crippen LogP contribution in [-0.2, 0) is 16.3 Å². The standard InChI is InChI=1S/C24H36O3SSi/c1-19(2)23(18-29(4,5)6)24(12-8-7-10-21-11-9-17-27-21)28(25,26)22-15-13-20(3)14-16-22/h9,11,13-17,24H,7-8,10,12,18H2,1-6H3. The highest BCUT2D eigenvalue weighted by atomic mass is 32.2. The highest BCUT2D eigenvalue weighted by molar-refractivity contribution is 7.92. The first-order valence-electron chi connectivity index (χ1n) is 10.5. The maximum absolute atomic E-state index is 13.7. The first-order valence-corrected chi connectivity index (χ1v) is 15.8. The van der Waals surface area contributed by atoms with Crippen molar-refractivity contribution >= 4 is 17.9 Å². The molecule has 2 rings (SSSR count). The molecule has 0 aliphatic heterocycles. The van der Waals surface area contributed by atoms with Crippen LogP contribution in [0.15, 0.2) is 63.1 Å². The van der Waals surface area contributed by atoms with E-state index in [1.807, 2.05) is 31.2 Å². The van der Waals surface area contributed by atoms with E-state index in [-0.39, 0.29) is 0 Å². The molecule has 0 aliphatic carbocycles. The van der Waals surface area contributed by atoms with Crippen molar-refractivity contribution in [3.63, 3.8) is 0 Å². The molecule has 1 unspecified atom stereocenters. The number of rotatable bonds is 10. The average molecular weight is 433 g/mol. The lowest BCUT2D eigenvalue weighted by Crippen LogP contribution is -2.30. The number of unbranched alkanes of at least 4 members (excludes halogenated alkanes) is 1. The van der Waals surface area contributed by atoms with E-state index >= 15 is 0 Å². The van der Waals surface area contributed by atoms with Crippen molar-refractivity contribution in [2.45, 2.75) is 82.3 Å². The molecule has 0 N–H and O–H groups in total. The molecule has 0 bridgehead atoms. The van der Waals surface area contributed by atoms with Gasteiger partial charge in [-0.1, -0.05) is 54.9 Å².